The topological polar surface area (TPSA) is 15.3 Å². The van der Waals surface area contributed by atoms with Crippen molar-refractivity contribution in [3.8, 4) is 0 Å². The first kappa shape index (κ1) is 12.3. The van der Waals surface area contributed by atoms with E-state index in [1.165, 1.54) is 18.2 Å². The van der Waals surface area contributed by atoms with Crippen molar-refractivity contribution in [1.29, 1.82) is 0 Å². The Labute approximate surface area is 101 Å². The smallest absolute Gasteiger partial charge is 0.149 e. The van der Waals surface area contributed by atoms with E-state index in [9.17, 15) is 8.78 Å². The third kappa shape index (κ3) is 2.41. The van der Waals surface area contributed by atoms with Crippen LogP contribution in [0, 0.1) is 11.6 Å². The van der Waals surface area contributed by atoms with Gasteiger partial charge in [0.25, 0.3) is 0 Å². The molecule has 0 aliphatic carbocycles. The molecule has 1 heterocycles. The second kappa shape index (κ2) is 4.61. The first-order valence-electron chi connectivity index (χ1n) is 6.00. The van der Waals surface area contributed by atoms with Gasteiger partial charge in [-0.05, 0) is 25.5 Å². The molecule has 0 radical (unpaired) electrons. The normalized spacial score (nSPS) is 25.1. The predicted molar refractivity (Wildman–Crippen MR) is 65.3 cm³/mol. The van der Waals surface area contributed by atoms with E-state index in [-0.39, 0.29) is 11.2 Å². The number of para-hydroxylation sites is 1. The molecular weight excluding hydrogens is 222 g/mol. The molecule has 1 aromatic rings. The third-order valence-corrected chi connectivity index (χ3v) is 3.51. The van der Waals surface area contributed by atoms with Crippen LogP contribution in [0.3, 0.4) is 0 Å². The Morgan fingerprint density at radius 2 is 2.00 bits per heavy atom. The second-order valence-corrected chi connectivity index (χ2v) is 4.83. The second-order valence-electron chi connectivity index (χ2n) is 4.83. The maximum absolute atomic E-state index is 13.7. The van der Waals surface area contributed by atoms with Gasteiger partial charge in [0.15, 0.2) is 0 Å². The lowest BCUT2D eigenvalue weighted by Crippen LogP contribution is -2.58. The van der Waals surface area contributed by atoms with Crippen molar-refractivity contribution in [3.05, 3.63) is 29.8 Å². The Bertz CT molecular complexity index is 388. The van der Waals surface area contributed by atoms with E-state index >= 15 is 0 Å². The number of rotatable bonds is 2. The first-order valence-corrected chi connectivity index (χ1v) is 6.00. The van der Waals surface area contributed by atoms with Crippen molar-refractivity contribution in [2.75, 3.05) is 24.5 Å². The van der Waals surface area contributed by atoms with Crippen LogP contribution in [-0.2, 0) is 0 Å². The SMILES string of the molecule is CCC1(C)CN(c2c(F)cccc2F)CCN1. The number of benzene rings is 1. The van der Waals surface area contributed by atoms with E-state index < -0.39 is 11.6 Å². The Morgan fingerprint density at radius 3 is 2.59 bits per heavy atom. The summed E-state index contributed by atoms with van der Waals surface area (Å²) in [6.45, 7) is 6.17. The zero-order valence-corrected chi connectivity index (χ0v) is 10.3. The summed E-state index contributed by atoms with van der Waals surface area (Å²) in [7, 11) is 0. The number of nitrogens with zero attached hydrogens (tertiary/aromatic N) is 1. The van der Waals surface area contributed by atoms with Crippen LogP contribution in [-0.4, -0.2) is 25.2 Å². The lowest BCUT2D eigenvalue weighted by molar-refractivity contribution is 0.311. The molecule has 1 aromatic carbocycles. The van der Waals surface area contributed by atoms with Crippen LogP contribution in [0.1, 0.15) is 20.3 Å². The summed E-state index contributed by atoms with van der Waals surface area (Å²) in [5, 5.41) is 3.40. The minimum Gasteiger partial charge on any atom is -0.364 e. The van der Waals surface area contributed by atoms with Crippen LogP contribution in [0.25, 0.3) is 0 Å². The van der Waals surface area contributed by atoms with Crippen LogP contribution >= 0.6 is 0 Å². The monoisotopic (exact) mass is 240 g/mol. The molecule has 1 atom stereocenters. The molecule has 0 bridgehead atoms. The van der Waals surface area contributed by atoms with Gasteiger partial charge in [-0.2, -0.15) is 0 Å². The Kier molecular flexibility index (Phi) is 3.33. The molecule has 4 heteroatoms. The van der Waals surface area contributed by atoms with Crippen molar-refractivity contribution in [2.45, 2.75) is 25.8 Å². The lowest BCUT2D eigenvalue weighted by atomic mass is 9.95. The molecule has 0 aromatic heterocycles. The molecule has 1 unspecified atom stereocenters. The summed E-state index contributed by atoms with van der Waals surface area (Å²) in [6.07, 6.45) is 0.930. The van der Waals surface area contributed by atoms with E-state index in [1.54, 1.807) is 4.90 Å². The van der Waals surface area contributed by atoms with Crippen LogP contribution in [0.4, 0.5) is 14.5 Å². The summed E-state index contributed by atoms with van der Waals surface area (Å²) in [4.78, 5) is 1.80. The third-order valence-electron chi connectivity index (χ3n) is 3.51. The van der Waals surface area contributed by atoms with Crippen LogP contribution in [0.5, 0.6) is 0 Å². The molecule has 1 fully saturated rings. The number of piperazine rings is 1. The molecule has 2 rings (SSSR count). The average Bonchev–Trinajstić information content (AvgIpc) is 2.29. The van der Waals surface area contributed by atoms with E-state index in [1.807, 2.05) is 0 Å². The first-order chi connectivity index (χ1) is 8.06. The van der Waals surface area contributed by atoms with E-state index in [4.69, 9.17) is 0 Å². The fourth-order valence-electron chi connectivity index (χ4n) is 2.27. The van der Waals surface area contributed by atoms with Gasteiger partial charge in [-0.1, -0.05) is 13.0 Å². The standard InChI is InChI=1S/C13H18F2N2/c1-3-13(2)9-17(8-7-16-13)12-10(14)5-4-6-11(12)15/h4-6,16H,3,7-9H2,1-2H3. The molecule has 0 saturated carbocycles. The molecule has 1 aliphatic heterocycles. The van der Waals surface area contributed by atoms with Crippen molar-refractivity contribution in [3.63, 3.8) is 0 Å². The van der Waals surface area contributed by atoms with Gasteiger partial charge < -0.3 is 10.2 Å². The highest BCUT2D eigenvalue weighted by molar-refractivity contribution is 5.50. The van der Waals surface area contributed by atoms with Gasteiger partial charge >= 0.3 is 0 Å². The molecule has 1 aliphatic rings. The van der Waals surface area contributed by atoms with Gasteiger partial charge in [0.1, 0.15) is 17.3 Å². The van der Waals surface area contributed by atoms with Crippen molar-refractivity contribution in [2.24, 2.45) is 0 Å². The zero-order valence-electron chi connectivity index (χ0n) is 10.3. The van der Waals surface area contributed by atoms with Crippen molar-refractivity contribution in [1.82, 2.24) is 5.32 Å². The number of nitrogens with one attached hydrogen (secondary N) is 1. The molecule has 1 N–H and O–H groups in total. The van der Waals surface area contributed by atoms with E-state index in [0.29, 0.717) is 13.1 Å². The summed E-state index contributed by atoms with van der Waals surface area (Å²) < 4.78 is 27.4. The number of hydrogen-bond donors (Lipinski definition) is 1. The number of anilines is 1. The molecule has 1 saturated heterocycles. The van der Waals surface area contributed by atoms with Gasteiger partial charge in [-0.25, -0.2) is 8.78 Å². The molecule has 2 nitrogen and oxygen atoms in total. The fourth-order valence-corrected chi connectivity index (χ4v) is 2.27. The molecule has 94 valence electrons. The predicted octanol–water partition coefficient (Wildman–Crippen LogP) is 2.54. The summed E-state index contributed by atoms with van der Waals surface area (Å²) in [6, 6.07) is 4.02. The van der Waals surface area contributed by atoms with Gasteiger partial charge in [0.05, 0.1) is 0 Å². The Morgan fingerprint density at radius 1 is 1.35 bits per heavy atom. The highest BCUT2D eigenvalue weighted by atomic mass is 19.1. The lowest BCUT2D eigenvalue weighted by Gasteiger charge is -2.42. The highest BCUT2D eigenvalue weighted by Gasteiger charge is 2.30. The van der Waals surface area contributed by atoms with Crippen LogP contribution in [0.15, 0.2) is 18.2 Å². The summed E-state index contributed by atoms with van der Waals surface area (Å²) >= 11 is 0. The minimum atomic E-state index is -0.481. The van der Waals surface area contributed by atoms with Gasteiger partial charge in [-0.3, -0.25) is 0 Å². The van der Waals surface area contributed by atoms with E-state index in [2.05, 4.69) is 19.2 Å². The van der Waals surface area contributed by atoms with Gasteiger partial charge in [-0.15, -0.1) is 0 Å². The van der Waals surface area contributed by atoms with Crippen molar-refractivity contribution >= 4 is 5.69 Å². The molecule has 17 heavy (non-hydrogen) atoms. The maximum atomic E-state index is 13.7. The van der Waals surface area contributed by atoms with Crippen molar-refractivity contribution < 1.29 is 8.78 Å². The van der Waals surface area contributed by atoms with Gasteiger partial charge in [0, 0.05) is 25.2 Å². The molecular formula is C13H18F2N2. The molecule has 0 spiro atoms. The quantitative estimate of drug-likeness (QED) is 0.854. The molecule has 0 amide bonds. The summed E-state index contributed by atoms with van der Waals surface area (Å²) in [5.74, 6) is -0.962. The fraction of sp³-hybridized carbons (Fsp3) is 0.538. The Hall–Kier alpha value is -1.16. The van der Waals surface area contributed by atoms with Crippen LogP contribution in [0.2, 0.25) is 0 Å². The number of halogens is 2. The highest BCUT2D eigenvalue weighted by Crippen LogP contribution is 2.27. The van der Waals surface area contributed by atoms with E-state index in [0.717, 1.165) is 13.0 Å². The number of hydrogen-bond acceptors (Lipinski definition) is 2. The Balaban J connectivity index is 2.28. The summed E-state index contributed by atoms with van der Waals surface area (Å²) in [5.41, 5.74) is 0.0288. The zero-order chi connectivity index (χ0) is 12.5. The average molecular weight is 240 g/mol. The maximum Gasteiger partial charge on any atom is 0.149 e. The largest absolute Gasteiger partial charge is 0.364 e. The van der Waals surface area contributed by atoms with Gasteiger partial charge in [0.2, 0.25) is 0 Å². The van der Waals surface area contributed by atoms with Crippen LogP contribution < -0.4 is 10.2 Å². The minimum absolute atomic E-state index is 0.0764.